The zero-order chi connectivity index (χ0) is 17.6. The molecule has 3 rings (SSSR count). The number of aryl methyl sites for hydroxylation is 1. The van der Waals surface area contributed by atoms with Crippen LogP contribution in [0.2, 0.25) is 5.02 Å². The van der Waals surface area contributed by atoms with Crippen molar-refractivity contribution in [1.29, 1.82) is 0 Å². The van der Waals surface area contributed by atoms with Crippen molar-refractivity contribution in [2.75, 3.05) is 11.9 Å². The van der Waals surface area contributed by atoms with Gasteiger partial charge in [-0.3, -0.25) is 0 Å². The van der Waals surface area contributed by atoms with E-state index in [1.54, 1.807) is 11.3 Å². The van der Waals surface area contributed by atoms with Crippen LogP contribution in [0.4, 0.5) is 10.8 Å². The summed E-state index contributed by atoms with van der Waals surface area (Å²) < 4.78 is 5.53. The molecule has 1 N–H and O–H groups in total. The number of aromatic nitrogens is 1. The van der Waals surface area contributed by atoms with Gasteiger partial charge in [0.15, 0.2) is 5.13 Å². The Morgan fingerprint density at radius 3 is 2.52 bits per heavy atom. The summed E-state index contributed by atoms with van der Waals surface area (Å²) in [6, 6.07) is 15.8. The van der Waals surface area contributed by atoms with E-state index in [9.17, 15) is 0 Å². The zero-order valence-corrected chi connectivity index (χ0v) is 16.0. The second kappa shape index (κ2) is 8.37. The molecular formula is C20H21ClN2OS. The number of para-hydroxylation sites is 1. The summed E-state index contributed by atoms with van der Waals surface area (Å²) in [6.07, 6.45) is 2.09. The van der Waals surface area contributed by atoms with Gasteiger partial charge in [0, 0.05) is 10.4 Å². The van der Waals surface area contributed by atoms with Gasteiger partial charge in [-0.25, -0.2) is 4.98 Å². The van der Waals surface area contributed by atoms with Crippen LogP contribution in [0.3, 0.4) is 0 Å². The maximum Gasteiger partial charge on any atom is 0.188 e. The van der Waals surface area contributed by atoms with Crippen LogP contribution < -0.4 is 10.1 Å². The van der Waals surface area contributed by atoms with Gasteiger partial charge in [0.2, 0.25) is 0 Å². The Labute approximate surface area is 157 Å². The summed E-state index contributed by atoms with van der Waals surface area (Å²) in [5.41, 5.74) is 3.01. The number of rotatable bonds is 7. The Bertz CT molecular complexity index is 830. The van der Waals surface area contributed by atoms with Crippen LogP contribution in [0.1, 0.15) is 25.1 Å². The highest BCUT2D eigenvalue weighted by molar-refractivity contribution is 7.16. The third-order valence-corrected chi connectivity index (χ3v) is 5.09. The smallest absolute Gasteiger partial charge is 0.188 e. The number of hydrogen-bond acceptors (Lipinski definition) is 4. The molecule has 0 aliphatic heterocycles. The monoisotopic (exact) mass is 372 g/mol. The van der Waals surface area contributed by atoms with Crippen LogP contribution in [0.25, 0.3) is 11.3 Å². The van der Waals surface area contributed by atoms with Crippen molar-refractivity contribution in [3.63, 3.8) is 0 Å². The van der Waals surface area contributed by atoms with E-state index in [0.717, 1.165) is 40.7 Å². The lowest BCUT2D eigenvalue weighted by atomic mass is 10.1. The van der Waals surface area contributed by atoms with Crippen LogP contribution in [-0.4, -0.2) is 11.6 Å². The minimum absolute atomic E-state index is 0.670. The topological polar surface area (TPSA) is 34.2 Å². The average Bonchev–Trinajstić information content (AvgIpc) is 3.01. The predicted molar refractivity (Wildman–Crippen MR) is 107 cm³/mol. The standard InChI is InChI=1S/C20H21ClN2OS/c1-3-7-18-19(14-10-12-15(13-11-14)24-4-2)23-20(25-18)22-17-9-6-5-8-16(17)21/h5-6,8-13H,3-4,7H2,1-2H3,(H,22,23). The van der Waals surface area contributed by atoms with Crippen molar-refractivity contribution in [2.24, 2.45) is 0 Å². The van der Waals surface area contributed by atoms with Crippen molar-refractivity contribution in [3.05, 3.63) is 58.4 Å². The maximum absolute atomic E-state index is 6.25. The first-order valence-electron chi connectivity index (χ1n) is 8.45. The number of nitrogens with one attached hydrogen (secondary N) is 1. The number of nitrogens with zero attached hydrogens (tertiary/aromatic N) is 1. The Balaban J connectivity index is 1.90. The molecule has 1 aromatic heterocycles. The lowest BCUT2D eigenvalue weighted by Crippen LogP contribution is -1.92. The Morgan fingerprint density at radius 2 is 1.84 bits per heavy atom. The van der Waals surface area contributed by atoms with Crippen molar-refractivity contribution in [2.45, 2.75) is 26.7 Å². The molecule has 0 atom stereocenters. The van der Waals surface area contributed by atoms with E-state index in [-0.39, 0.29) is 0 Å². The van der Waals surface area contributed by atoms with Gasteiger partial charge in [-0.1, -0.05) is 37.1 Å². The number of hydrogen-bond donors (Lipinski definition) is 1. The first kappa shape index (κ1) is 17.8. The molecule has 0 saturated heterocycles. The van der Waals surface area contributed by atoms with Crippen LogP contribution in [0.15, 0.2) is 48.5 Å². The van der Waals surface area contributed by atoms with E-state index in [2.05, 4.69) is 24.4 Å². The van der Waals surface area contributed by atoms with Gasteiger partial charge in [-0.2, -0.15) is 0 Å². The summed E-state index contributed by atoms with van der Waals surface area (Å²) in [7, 11) is 0. The Kier molecular flexibility index (Phi) is 5.95. The molecule has 2 aromatic carbocycles. The average molecular weight is 373 g/mol. The van der Waals surface area contributed by atoms with Crippen molar-refractivity contribution in [3.8, 4) is 17.0 Å². The molecule has 0 amide bonds. The SMILES string of the molecule is CCCc1sc(Nc2ccccc2Cl)nc1-c1ccc(OCC)cc1. The summed E-state index contributed by atoms with van der Waals surface area (Å²) in [4.78, 5) is 6.10. The lowest BCUT2D eigenvalue weighted by Gasteiger charge is -2.05. The minimum Gasteiger partial charge on any atom is -0.494 e. The predicted octanol–water partition coefficient (Wildman–Crippen LogP) is 6.56. The van der Waals surface area contributed by atoms with Gasteiger partial charge in [-0.05, 0) is 49.7 Å². The Morgan fingerprint density at radius 1 is 1.08 bits per heavy atom. The molecule has 0 spiro atoms. The van der Waals surface area contributed by atoms with Crippen molar-refractivity contribution in [1.82, 2.24) is 4.98 Å². The molecule has 0 bridgehead atoms. The van der Waals surface area contributed by atoms with Gasteiger partial charge in [0.25, 0.3) is 0 Å². The molecular weight excluding hydrogens is 352 g/mol. The molecule has 130 valence electrons. The summed E-state index contributed by atoms with van der Waals surface area (Å²) >= 11 is 7.93. The third-order valence-electron chi connectivity index (χ3n) is 3.73. The van der Waals surface area contributed by atoms with Crippen LogP contribution in [-0.2, 0) is 6.42 Å². The van der Waals surface area contributed by atoms with Crippen molar-refractivity contribution < 1.29 is 4.74 Å². The van der Waals surface area contributed by atoms with Gasteiger partial charge < -0.3 is 10.1 Å². The number of benzene rings is 2. The fraction of sp³-hybridized carbons (Fsp3) is 0.250. The normalized spacial score (nSPS) is 10.7. The summed E-state index contributed by atoms with van der Waals surface area (Å²) in [6.45, 7) is 4.84. The third kappa shape index (κ3) is 4.33. The first-order chi connectivity index (χ1) is 12.2. The van der Waals surface area contributed by atoms with Gasteiger partial charge in [-0.15, -0.1) is 11.3 Å². The molecule has 5 heteroatoms. The molecule has 0 aliphatic carbocycles. The molecule has 25 heavy (non-hydrogen) atoms. The molecule has 3 nitrogen and oxygen atoms in total. The molecule has 0 fully saturated rings. The minimum atomic E-state index is 0.670. The van der Waals surface area contributed by atoms with Crippen molar-refractivity contribution >= 4 is 33.8 Å². The van der Waals surface area contributed by atoms with E-state index < -0.39 is 0 Å². The fourth-order valence-corrected chi connectivity index (χ4v) is 3.86. The molecule has 0 saturated carbocycles. The van der Waals surface area contributed by atoms with E-state index in [4.69, 9.17) is 21.3 Å². The van der Waals surface area contributed by atoms with E-state index in [0.29, 0.717) is 11.6 Å². The summed E-state index contributed by atoms with van der Waals surface area (Å²) in [5, 5.41) is 4.90. The first-order valence-corrected chi connectivity index (χ1v) is 9.65. The maximum atomic E-state index is 6.25. The highest BCUT2D eigenvalue weighted by atomic mass is 35.5. The molecule has 3 aromatic rings. The van der Waals surface area contributed by atoms with E-state index >= 15 is 0 Å². The highest BCUT2D eigenvalue weighted by Crippen LogP contribution is 2.35. The fourth-order valence-electron chi connectivity index (χ4n) is 2.58. The van der Waals surface area contributed by atoms with Crippen LogP contribution in [0.5, 0.6) is 5.75 Å². The van der Waals surface area contributed by atoms with Gasteiger partial charge in [0.1, 0.15) is 5.75 Å². The molecule has 0 radical (unpaired) electrons. The van der Waals surface area contributed by atoms with Gasteiger partial charge >= 0.3 is 0 Å². The second-order valence-corrected chi connectivity index (χ2v) is 7.09. The number of ether oxygens (including phenoxy) is 1. The van der Waals surface area contributed by atoms with Crippen LogP contribution in [0, 0.1) is 0 Å². The molecule has 0 unspecified atom stereocenters. The highest BCUT2D eigenvalue weighted by Gasteiger charge is 2.13. The second-order valence-electron chi connectivity index (χ2n) is 5.60. The Hall–Kier alpha value is -2.04. The van der Waals surface area contributed by atoms with E-state index in [1.807, 2.05) is 43.3 Å². The quantitative estimate of drug-likeness (QED) is 0.510. The zero-order valence-electron chi connectivity index (χ0n) is 14.4. The molecule has 0 aliphatic rings. The van der Waals surface area contributed by atoms with E-state index in [1.165, 1.54) is 4.88 Å². The van der Waals surface area contributed by atoms with Crippen LogP contribution >= 0.6 is 22.9 Å². The largest absolute Gasteiger partial charge is 0.494 e. The molecule has 1 heterocycles. The van der Waals surface area contributed by atoms with Gasteiger partial charge in [0.05, 0.1) is 23.0 Å². The summed E-state index contributed by atoms with van der Waals surface area (Å²) in [5.74, 6) is 0.882. The number of anilines is 2. The number of halogens is 1. The number of thiazole rings is 1. The lowest BCUT2D eigenvalue weighted by molar-refractivity contribution is 0.340.